The van der Waals surface area contributed by atoms with Crippen molar-refractivity contribution in [3.63, 3.8) is 0 Å². The van der Waals surface area contributed by atoms with Gasteiger partial charge in [0, 0.05) is 19.7 Å². The molecule has 1 amide bonds. The fourth-order valence-electron chi connectivity index (χ4n) is 1.93. The number of hydrogen-bond acceptors (Lipinski definition) is 4. The standard InChI is InChI=1S/C15H19N3O2/c1-10(14-5-4-8-20-14)17-13-7-6-11(9-12(13)16)15(19)18(2)3/h4-10,17H,16H2,1-3H3. The van der Waals surface area contributed by atoms with Crippen molar-refractivity contribution in [1.29, 1.82) is 0 Å². The van der Waals surface area contributed by atoms with E-state index < -0.39 is 0 Å². The summed E-state index contributed by atoms with van der Waals surface area (Å²) < 4.78 is 5.34. The number of anilines is 2. The van der Waals surface area contributed by atoms with Crippen molar-refractivity contribution in [3.8, 4) is 0 Å². The molecule has 20 heavy (non-hydrogen) atoms. The highest BCUT2D eigenvalue weighted by atomic mass is 16.3. The van der Waals surface area contributed by atoms with E-state index in [1.807, 2.05) is 25.1 Å². The zero-order chi connectivity index (χ0) is 14.7. The van der Waals surface area contributed by atoms with Crippen LogP contribution in [0, 0.1) is 0 Å². The van der Waals surface area contributed by atoms with E-state index >= 15 is 0 Å². The van der Waals surface area contributed by atoms with Crippen molar-refractivity contribution in [1.82, 2.24) is 4.90 Å². The predicted molar refractivity (Wildman–Crippen MR) is 79.6 cm³/mol. The van der Waals surface area contributed by atoms with Gasteiger partial charge in [-0.15, -0.1) is 0 Å². The van der Waals surface area contributed by atoms with Gasteiger partial charge in [-0.05, 0) is 37.3 Å². The number of nitrogen functional groups attached to an aromatic ring is 1. The van der Waals surface area contributed by atoms with Crippen molar-refractivity contribution in [2.45, 2.75) is 13.0 Å². The van der Waals surface area contributed by atoms with E-state index in [4.69, 9.17) is 10.2 Å². The normalized spacial score (nSPS) is 11.9. The second kappa shape index (κ2) is 5.69. The summed E-state index contributed by atoms with van der Waals surface area (Å²) in [5.41, 5.74) is 7.89. The predicted octanol–water partition coefficient (Wildman–Crippen LogP) is 2.74. The summed E-state index contributed by atoms with van der Waals surface area (Å²) in [5, 5.41) is 3.26. The zero-order valence-electron chi connectivity index (χ0n) is 11.9. The number of furan rings is 1. The van der Waals surface area contributed by atoms with Crippen LogP contribution in [0.1, 0.15) is 29.1 Å². The van der Waals surface area contributed by atoms with E-state index in [0.29, 0.717) is 11.3 Å². The lowest BCUT2D eigenvalue weighted by Gasteiger charge is -2.16. The number of carbonyl (C=O) groups excluding carboxylic acids is 1. The Labute approximate surface area is 118 Å². The number of carbonyl (C=O) groups is 1. The van der Waals surface area contributed by atoms with Gasteiger partial charge in [0.15, 0.2) is 0 Å². The lowest BCUT2D eigenvalue weighted by atomic mass is 10.1. The molecule has 5 nitrogen and oxygen atoms in total. The highest BCUT2D eigenvalue weighted by Crippen LogP contribution is 2.25. The largest absolute Gasteiger partial charge is 0.467 e. The van der Waals surface area contributed by atoms with Gasteiger partial charge < -0.3 is 20.4 Å². The molecule has 1 atom stereocenters. The van der Waals surface area contributed by atoms with Crippen molar-refractivity contribution in [2.24, 2.45) is 0 Å². The van der Waals surface area contributed by atoms with Gasteiger partial charge >= 0.3 is 0 Å². The molecule has 1 aromatic carbocycles. The molecule has 0 aliphatic heterocycles. The Balaban J connectivity index is 2.16. The van der Waals surface area contributed by atoms with Gasteiger partial charge in [-0.25, -0.2) is 0 Å². The molecule has 0 bridgehead atoms. The number of hydrogen-bond donors (Lipinski definition) is 2. The quantitative estimate of drug-likeness (QED) is 0.840. The Morgan fingerprint density at radius 3 is 2.65 bits per heavy atom. The lowest BCUT2D eigenvalue weighted by Crippen LogP contribution is -2.21. The summed E-state index contributed by atoms with van der Waals surface area (Å²) in [6.45, 7) is 1.98. The van der Waals surface area contributed by atoms with Crippen LogP contribution in [0.4, 0.5) is 11.4 Å². The summed E-state index contributed by atoms with van der Waals surface area (Å²) in [6, 6.07) is 9.00. The zero-order valence-corrected chi connectivity index (χ0v) is 11.9. The molecule has 3 N–H and O–H groups in total. The summed E-state index contributed by atoms with van der Waals surface area (Å²) in [4.78, 5) is 13.4. The Morgan fingerprint density at radius 1 is 1.35 bits per heavy atom. The Hall–Kier alpha value is -2.43. The van der Waals surface area contributed by atoms with Crippen LogP contribution < -0.4 is 11.1 Å². The van der Waals surface area contributed by atoms with Crippen LogP contribution >= 0.6 is 0 Å². The van der Waals surface area contributed by atoms with Crippen LogP contribution in [-0.4, -0.2) is 24.9 Å². The lowest BCUT2D eigenvalue weighted by molar-refractivity contribution is 0.0827. The van der Waals surface area contributed by atoms with E-state index in [1.54, 1.807) is 32.5 Å². The molecule has 0 spiro atoms. The molecule has 0 saturated heterocycles. The molecule has 0 aliphatic carbocycles. The molecule has 1 heterocycles. The van der Waals surface area contributed by atoms with Gasteiger partial charge in [0.1, 0.15) is 5.76 Å². The van der Waals surface area contributed by atoms with Crippen molar-refractivity contribution in [3.05, 3.63) is 47.9 Å². The smallest absolute Gasteiger partial charge is 0.253 e. The number of rotatable bonds is 4. The third kappa shape index (κ3) is 2.93. The molecule has 0 aliphatic rings. The van der Waals surface area contributed by atoms with Crippen LogP contribution in [0.25, 0.3) is 0 Å². The SMILES string of the molecule is CC(Nc1ccc(C(=O)N(C)C)cc1N)c1ccco1. The molecule has 2 aromatic rings. The molecule has 0 radical (unpaired) electrons. The van der Waals surface area contributed by atoms with Crippen LogP contribution in [0.5, 0.6) is 0 Å². The fourth-order valence-corrected chi connectivity index (χ4v) is 1.93. The van der Waals surface area contributed by atoms with E-state index in [1.165, 1.54) is 4.90 Å². The van der Waals surface area contributed by atoms with E-state index in [2.05, 4.69) is 5.32 Å². The van der Waals surface area contributed by atoms with Crippen LogP contribution in [0.15, 0.2) is 41.0 Å². The number of nitrogens with zero attached hydrogens (tertiary/aromatic N) is 1. The Morgan fingerprint density at radius 2 is 2.10 bits per heavy atom. The molecule has 1 unspecified atom stereocenters. The first-order valence-electron chi connectivity index (χ1n) is 6.40. The first-order chi connectivity index (χ1) is 9.49. The second-order valence-electron chi connectivity index (χ2n) is 4.88. The Kier molecular flexibility index (Phi) is 3.98. The van der Waals surface area contributed by atoms with Gasteiger partial charge in [-0.2, -0.15) is 0 Å². The summed E-state index contributed by atoms with van der Waals surface area (Å²) in [5.74, 6) is 0.764. The van der Waals surface area contributed by atoms with Gasteiger partial charge in [0.25, 0.3) is 5.91 Å². The van der Waals surface area contributed by atoms with Crippen molar-refractivity contribution < 1.29 is 9.21 Å². The van der Waals surface area contributed by atoms with E-state index in [0.717, 1.165) is 11.4 Å². The highest BCUT2D eigenvalue weighted by molar-refractivity contribution is 5.95. The van der Waals surface area contributed by atoms with Crippen molar-refractivity contribution in [2.75, 3.05) is 25.1 Å². The fraction of sp³-hybridized carbons (Fsp3) is 0.267. The Bertz CT molecular complexity index is 591. The molecular formula is C15H19N3O2. The minimum Gasteiger partial charge on any atom is -0.467 e. The van der Waals surface area contributed by atoms with Crippen LogP contribution in [0.2, 0.25) is 0 Å². The third-order valence-corrected chi connectivity index (χ3v) is 3.05. The molecule has 0 fully saturated rings. The van der Waals surface area contributed by atoms with E-state index in [9.17, 15) is 4.79 Å². The number of nitrogens with two attached hydrogens (primary N) is 1. The first kappa shape index (κ1) is 14.0. The molecule has 2 rings (SSSR count). The average molecular weight is 273 g/mol. The number of amides is 1. The molecule has 5 heteroatoms. The van der Waals surface area contributed by atoms with Gasteiger partial charge in [0.2, 0.25) is 0 Å². The third-order valence-electron chi connectivity index (χ3n) is 3.05. The maximum Gasteiger partial charge on any atom is 0.253 e. The van der Waals surface area contributed by atoms with E-state index in [-0.39, 0.29) is 11.9 Å². The van der Waals surface area contributed by atoms with Gasteiger partial charge in [0.05, 0.1) is 23.7 Å². The van der Waals surface area contributed by atoms with Gasteiger partial charge in [-0.1, -0.05) is 0 Å². The minimum absolute atomic E-state index is 0.00250. The highest BCUT2D eigenvalue weighted by Gasteiger charge is 2.13. The van der Waals surface area contributed by atoms with Crippen LogP contribution in [-0.2, 0) is 0 Å². The minimum atomic E-state index is -0.0673. The van der Waals surface area contributed by atoms with Crippen molar-refractivity contribution >= 4 is 17.3 Å². The van der Waals surface area contributed by atoms with Crippen LogP contribution in [0.3, 0.4) is 0 Å². The topological polar surface area (TPSA) is 71.5 Å². The summed E-state index contributed by atoms with van der Waals surface area (Å²) >= 11 is 0. The maximum atomic E-state index is 11.9. The molecular weight excluding hydrogens is 254 g/mol. The maximum absolute atomic E-state index is 11.9. The summed E-state index contributed by atoms with van der Waals surface area (Å²) in [7, 11) is 3.42. The molecule has 0 saturated carbocycles. The monoisotopic (exact) mass is 273 g/mol. The number of benzene rings is 1. The first-order valence-corrected chi connectivity index (χ1v) is 6.40. The average Bonchev–Trinajstić information content (AvgIpc) is 2.94. The van der Waals surface area contributed by atoms with Gasteiger partial charge in [-0.3, -0.25) is 4.79 Å². The number of nitrogens with one attached hydrogen (secondary N) is 1. The molecule has 1 aromatic heterocycles. The summed E-state index contributed by atoms with van der Waals surface area (Å²) in [6.07, 6.45) is 1.63. The molecule has 106 valence electrons. The second-order valence-corrected chi connectivity index (χ2v) is 4.88.